The van der Waals surface area contributed by atoms with E-state index < -0.39 is 12.2 Å². The number of nitriles is 1. The molecular weight excluding hydrogens is 399 g/mol. The summed E-state index contributed by atoms with van der Waals surface area (Å²) in [5, 5.41) is 14.6. The van der Waals surface area contributed by atoms with E-state index in [2.05, 4.69) is 27.2 Å². The molecule has 3 heterocycles. The molecule has 4 rings (SSSR count). The van der Waals surface area contributed by atoms with E-state index in [1.807, 2.05) is 28.7 Å². The van der Waals surface area contributed by atoms with Gasteiger partial charge in [-0.3, -0.25) is 4.79 Å². The topological polar surface area (TPSA) is 112 Å². The van der Waals surface area contributed by atoms with Crippen LogP contribution in [-0.2, 0) is 11.8 Å². The van der Waals surface area contributed by atoms with E-state index in [0.29, 0.717) is 36.7 Å². The lowest BCUT2D eigenvalue weighted by molar-refractivity contribution is -0.111. The van der Waals surface area contributed by atoms with E-state index in [9.17, 15) is 9.18 Å². The first-order chi connectivity index (χ1) is 15.0. The highest BCUT2D eigenvalue weighted by Gasteiger charge is 2.31. The van der Waals surface area contributed by atoms with E-state index in [0.717, 1.165) is 11.0 Å². The third-order valence-electron chi connectivity index (χ3n) is 5.22. The zero-order valence-electron chi connectivity index (χ0n) is 16.9. The molecule has 1 aromatic carbocycles. The van der Waals surface area contributed by atoms with Crippen LogP contribution in [-0.4, -0.2) is 50.7 Å². The normalized spacial score (nSPS) is 18.4. The van der Waals surface area contributed by atoms with Crippen molar-refractivity contribution < 1.29 is 9.18 Å². The Morgan fingerprint density at radius 3 is 2.87 bits per heavy atom. The van der Waals surface area contributed by atoms with E-state index >= 15 is 0 Å². The Morgan fingerprint density at radius 1 is 1.39 bits per heavy atom. The van der Waals surface area contributed by atoms with Crippen LogP contribution in [0.4, 0.5) is 22.0 Å². The number of aryl methyl sites for hydroxylation is 1. The van der Waals surface area contributed by atoms with Crippen LogP contribution < -0.4 is 15.5 Å². The van der Waals surface area contributed by atoms with Gasteiger partial charge in [-0.2, -0.15) is 5.26 Å². The number of aromatic nitrogens is 4. The molecule has 2 N–H and O–H groups in total. The fourth-order valence-electron chi connectivity index (χ4n) is 3.61. The number of carbonyl (C=O) groups excluding carboxylic acids is 1. The van der Waals surface area contributed by atoms with Gasteiger partial charge < -0.3 is 20.1 Å². The van der Waals surface area contributed by atoms with E-state index in [-0.39, 0.29) is 11.9 Å². The first kappa shape index (κ1) is 20.3. The van der Waals surface area contributed by atoms with E-state index in [4.69, 9.17) is 10.2 Å². The number of carbonyl (C=O) groups is 1. The molecule has 0 aliphatic carbocycles. The average Bonchev–Trinajstić information content (AvgIpc) is 3.11. The van der Waals surface area contributed by atoms with Gasteiger partial charge in [0.1, 0.15) is 12.2 Å². The van der Waals surface area contributed by atoms with Crippen LogP contribution in [0.3, 0.4) is 0 Å². The largest absolute Gasteiger partial charge is 0.347 e. The molecule has 0 radical (unpaired) electrons. The van der Waals surface area contributed by atoms with Crippen molar-refractivity contribution in [2.24, 2.45) is 7.05 Å². The number of fused-ring (bicyclic) bond motifs is 1. The summed E-state index contributed by atoms with van der Waals surface area (Å²) in [4.78, 5) is 26.4. The number of imidazole rings is 1. The maximum Gasteiger partial charge on any atom is 0.247 e. The van der Waals surface area contributed by atoms with Crippen molar-refractivity contribution in [2.45, 2.75) is 18.6 Å². The molecule has 1 aliphatic heterocycles. The number of hydrogen-bond acceptors (Lipinski definition) is 7. The fraction of sp³-hybridized carbons (Fsp3) is 0.286. The van der Waals surface area contributed by atoms with Gasteiger partial charge >= 0.3 is 0 Å². The van der Waals surface area contributed by atoms with Crippen molar-refractivity contribution in [1.82, 2.24) is 19.5 Å². The van der Waals surface area contributed by atoms with Crippen molar-refractivity contribution >= 4 is 34.5 Å². The van der Waals surface area contributed by atoms with E-state index in [1.165, 1.54) is 18.5 Å². The maximum absolute atomic E-state index is 14.6. The van der Waals surface area contributed by atoms with Gasteiger partial charge in [-0.15, -0.1) is 0 Å². The minimum absolute atomic E-state index is 0.279. The molecule has 31 heavy (non-hydrogen) atoms. The second kappa shape index (κ2) is 8.39. The Hall–Kier alpha value is -4.00. The van der Waals surface area contributed by atoms with E-state index in [1.54, 1.807) is 12.1 Å². The molecule has 1 fully saturated rings. The minimum atomic E-state index is -1.06. The molecular formula is C21H21FN8O. The summed E-state index contributed by atoms with van der Waals surface area (Å²) in [7, 11) is 1.90. The third kappa shape index (κ3) is 4.16. The second-order valence-corrected chi connectivity index (χ2v) is 7.28. The van der Waals surface area contributed by atoms with Crippen LogP contribution in [0.2, 0.25) is 0 Å². The molecule has 1 amide bonds. The molecule has 1 aliphatic rings. The number of anilines is 3. The number of piperidine rings is 1. The quantitative estimate of drug-likeness (QED) is 0.610. The van der Waals surface area contributed by atoms with Crippen molar-refractivity contribution in [3.63, 3.8) is 0 Å². The highest BCUT2D eigenvalue weighted by Crippen LogP contribution is 2.27. The predicted octanol–water partition coefficient (Wildman–Crippen LogP) is 2.39. The molecule has 0 bridgehead atoms. The summed E-state index contributed by atoms with van der Waals surface area (Å²) in [6.45, 7) is 4.35. The summed E-state index contributed by atoms with van der Waals surface area (Å²) in [6, 6.07) is 6.91. The Labute approximate surface area is 178 Å². The molecule has 1 saturated heterocycles. The van der Waals surface area contributed by atoms with Gasteiger partial charge in [0.15, 0.2) is 0 Å². The number of halogens is 1. The van der Waals surface area contributed by atoms with Crippen LogP contribution in [0.25, 0.3) is 11.0 Å². The Kier molecular flexibility index (Phi) is 5.49. The summed E-state index contributed by atoms with van der Waals surface area (Å²) >= 11 is 0. The lowest BCUT2D eigenvalue weighted by Gasteiger charge is -2.35. The number of nitrogens with zero attached hydrogens (tertiary/aromatic N) is 6. The molecule has 0 spiro atoms. The highest BCUT2D eigenvalue weighted by molar-refractivity contribution is 6.00. The summed E-state index contributed by atoms with van der Waals surface area (Å²) in [5.74, 6) is 0.696. The van der Waals surface area contributed by atoms with Crippen molar-refractivity contribution in [2.75, 3.05) is 28.6 Å². The molecule has 158 valence electrons. The minimum Gasteiger partial charge on any atom is -0.347 e. The lowest BCUT2D eigenvalue weighted by atomic mass is 10.0. The molecule has 0 saturated carbocycles. The van der Waals surface area contributed by atoms with Crippen LogP contribution in [0, 0.1) is 11.3 Å². The number of nitrogens with one attached hydrogen (secondary N) is 2. The molecule has 10 heteroatoms. The van der Waals surface area contributed by atoms with Gasteiger partial charge in [0, 0.05) is 25.8 Å². The van der Waals surface area contributed by atoms with Crippen molar-refractivity contribution in [1.29, 1.82) is 5.26 Å². The molecule has 3 aromatic rings. The monoisotopic (exact) mass is 420 g/mol. The highest BCUT2D eigenvalue weighted by atomic mass is 19.1. The van der Waals surface area contributed by atoms with Crippen molar-refractivity contribution in [3.8, 4) is 6.07 Å². The molecule has 2 unspecified atom stereocenters. The first-order valence-corrected chi connectivity index (χ1v) is 9.76. The Balaban J connectivity index is 1.55. The Bertz CT molecular complexity index is 1170. The maximum atomic E-state index is 14.6. The number of amides is 1. The van der Waals surface area contributed by atoms with Crippen molar-refractivity contribution in [3.05, 3.63) is 48.8 Å². The smallest absolute Gasteiger partial charge is 0.247 e. The van der Waals surface area contributed by atoms with Gasteiger partial charge in [-0.05, 0) is 30.7 Å². The SMILES string of the molecule is C=CC(=O)Nc1ccc2c(c1)nc(N1CCC(F)C(Nc3ncc(C#N)cn3)C1)n2C. The van der Waals surface area contributed by atoms with Gasteiger partial charge in [0.05, 0.1) is 35.0 Å². The van der Waals surface area contributed by atoms with Crippen LogP contribution in [0.5, 0.6) is 0 Å². The molecule has 2 atom stereocenters. The zero-order chi connectivity index (χ0) is 22.0. The van der Waals surface area contributed by atoms with Gasteiger partial charge in [0.25, 0.3) is 0 Å². The average molecular weight is 420 g/mol. The summed E-state index contributed by atoms with van der Waals surface area (Å²) in [5.41, 5.74) is 2.59. The third-order valence-corrected chi connectivity index (χ3v) is 5.22. The number of benzene rings is 1. The second-order valence-electron chi connectivity index (χ2n) is 7.28. The fourth-order valence-corrected chi connectivity index (χ4v) is 3.61. The zero-order valence-corrected chi connectivity index (χ0v) is 16.9. The van der Waals surface area contributed by atoms with Crippen LogP contribution >= 0.6 is 0 Å². The lowest BCUT2D eigenvalue weighted by Crippen LogP contribution is -2.49. The van der Waals surface area contributed by atoms with Crippen LogP contribution in [0.1, 0.15) is 12.0 Å². The number of alkyl halides is 1. The number of hydrogen-bond donors (Lipinski definition) is 2. The predicted molar refractivity (Wildman–Crippen MR) is 115 cm³/mol. The van der Waals surface area contributed by atoms with Crippen LogP contribution in [0.15, 0.2) is 43.2 Å². The first-order valence-electron chi connectivity index (χ1n) is 9.76. The van der Waals surface area contributed by atoms with Gasteiger partial charge in [0.2, 0.25) is 17.8 Å². The number of rotatable bonds is 5. The molecule has 9 nitrogen and oxygen atoms in total. The summed E-state index contributed by atoms with van der Waals surface area (Å²) < 4.78 is 16.6. The van der Waals surface area contributed by atoms with Gasteiger partial charge in [-0.1, -0.05) is 6.58 Å². The van der Waals surface area contributed by atoms with Gasteiger partial charge in [-0.25, -0.2) is 19.3 Å². The Morgan fingerprint density at radius 2 is 2.16 bits per heavy atom. The standard InChI is InChI=1S/C21H21FN8O/c1-3-19(31)26-14-4-5-18-16(8-14)28-21(29(18)2)30-7-6-15(22)17(12-30)27-20-24-10-13(9-23)11-25-20/h3-5,8,10-11,15,17H,1,6-7,12H2,2H3,(H,26,31)(H,24,25,27). The summed E-state index contributed by atoms with van der Waals surface area (Å²) in [6.07, 6.45) is 3.28. The molecule has 2 aromatic heterocycles.